The van der Waals surface area contributed by atoms with Crippen LogP contribution in [0.2, 0.25) is 0 Å². The number of amides is 1. The molecule has 0 saturated carbocycles. The molecule has 1 N–H and O–H groups in total. The first-order chi connectivity index (χ1) is 11.1. The van der Waals surface area contributed by atoms with Crippen LogP contribution in [-0.4, -0.2) is 19.6 Å². The minimum atomic E-state index is -0.136. The van der Waals surface area contributed by atoms with Crippen LogP contribution in [0, 0.1) is 13.8 Å². The smallest absolute Gasteiger partial charge is 0.258 e. The number of aryl methyl sites for hydroxylation is 2. The topological polar surface area (TPSA) is 47.6 Å². The molecule has 1 amide bonds. The average molecular weight is 313 g/mol. The molecule has 0 radical (unpaired) electrons. The zero-order valence-corrected chi connectivity index (χ0v) is 13.9. The van der Waals surface area contributed by atoms with Gasteiger partial charge in [-0.05, 0) is 42.2 Å². The highest BCUT2D eigenvalue weighted by molar-refractivity contribution is 5.77. The van der Waals surface area contributed by atoms with Gasteiger partial charge in [-0.15, -0.1) is 0 Å². The molecule has 23 heavy (non-hydrogen) atoms. The number of hydrogen-bond donors (Lipinski definition) is 1. The normalized spacial score (nSPS) is 10.4. The maximum absolute atomic E-state index is 11.9. The van der Waals surface area contributed by atoms with Gasteiger partial charge in [-0.25, -0.2) is 0 Å². The molecule has 4 heteroatoms. The number of benzene rings is 2. The van der Waals surface area contributed by atoms with E-state index in [0.717, 1.165) is 28.0 Å². The Kier molecular flexibility index (Phi) is 6.18. The van der Waals surface area contributed by atoms with E-state index in [-0.39, 0.29) is 12.5 Å². The van der Waals surface area contributed by atoms with Crippen LogP contribution in [0.4, 0.5) is 0 Å². The molecule has 0 aliphatic heterocycles. The van der Waals surface area contributed by atoms with Gasteiger partial charge in [-0.2, -0.15) is 0 Å². The number of rotatable bonds is 7. The number of hydrogen-bond acceptors (Lipinski definition) is 3. The first kappa shape index (κ1) is 17.0. The molecular weight excluding hydrogens is 290 g/mol. The Labute approximate surface area is 137 Å². The van der Waals surface area contributed by atoms with Crippen LogP contribution in [0.3, 0.4) is 0 Å². The molecule has 2 aromatic rings. The molecule has 0 aliphatic rings. The Hall–Kier alpha value is -2.33. The molecule has 0 unspecified atom stereocenters. The quantitative estimate of drug-likeness (QED) is 0.854. The van der Waals surface area contributed by atoms with Crippen LogP contribution < -0.4 is 10.1 Å². The molecule has 0 heterocycles. The minimum absolute atomic E-state index is 0.0159. The molecule has 0 bridgehead atoms. The van der Waals surface area contributed by atoms with E-state index in [4.69, 9.17) is 9.47 Å². The SMILES string of the molecule is COCc1cccc(CNC(=O)COc2cc(C)ccc2C)c1. The molecule has 0 aromatic heterocycles. The highest BCUT2D eigenvalue weighted by Gasteiger charge is 2.05. The number of nitrogens with one attached hydrogen (secondary N) is 1. The largest absolute Gasteiger partial charge is 0.483 e. The first-order valence-corrected chi connectivity index (χ1v) is 7.62. The predicted molar refractivity (Wildman–Crippen MR) is 90.4 cm³/mol. The fourth-order valence-corrected chi connectivity index (χ4v) is 2.25. The zero-order chi connectivity index (χ0) is 16.7. The fourth-order valence-electron chi connectivity index (χ4n) is 2.25. The second kappa shape index (κ2) is 8.34. The van der Waals surface area contributed by atoms with Crippen molar-refractivity contribution in [1.29, 1.82) is 0 Å². The lowest BCUT2D eigenvalue weighted by molar-refractivity contribution is -0.123. The Morgan fingerprint density at radius 2 is 1.87 bits per heavy atom. The fraction of sp³-hybridized carbons (Fsp3) is 0.316. The summed E-state index contributed by atoms with van der Waals surface area (Å²) in [6.45, 7) is 5.03. The number of ether oxygens (including phenoxy) is 2. The van der Waals surface area contributed by atoms with Crippen LogP contribution in [0.25, 0.3) is 0 Å². The van der Waals surface area contributed by atoms with Gasteiger partial charge >= 0.3 is 0 Å². The van der Waals surface area contributed by atoms with Gasteiger partial charge < -0.3 is 14.8 Å². The third kappa shape index (κ3) is 5.42. The van der Waals surface area contributed by atoms with Crippen molar-refractivity contribution in [3.63, 3.8) is 0 Å². The number of carbonyl (C=O) groups excluding carboxylic acids is 1. The maximum atomic E-state index is 11.9. The first-order valence-electron chi connectivity index (χ1n) is 7.62. The van der Waals surface area contributed by atoms with E-state index in [1.807, 2.05) is 56.3 Å². The van der Waals surface area contributed by atoms with Crippen LogP contribution in [0.1, 0.15) is 22.3 Å². The lowest BCUT2D eigenvalue weighted by Crippen LogP contribution is -2.28. The molecule has 0 spiro atoms. The Morgan fingerprint density at radius 1 is 1.09 bits per heavy atom. The van der Waals surface area contributed by atoms with Gasteiger partial charge in [0.1, 0.15) is 5.75 Å². The van der Waals surface area contributed by atoms with E-state index >= 15 is 0 Å². The van der Waals surface area contributed by atoms with Crippen LogP contribution in [0.15, 0.2) is 42.5 Å². The Morgan fingerprint density at radius 3 is 2.65 bits per heavy atom. The van der Waals surface area contributed by atoms with Crippen molar-refractivity contribution in [2.75, 3.05) is 13.7 Å². The van der Waals surface area contributed by atoms with Crippen molar-refractivity contribution in [3.05, 3.63) is 64.7 Å². The molecule has 2 rings (SSSR count). The monoisotopic (exact) mass is 313 g/mol. The molecular formula is C19H23NO3. The van der Waals surface area contributed by atoms with Gasteiger partial charge in [0.2, 0.25) is 0 Å². The summed E-state index contributed by atoms with van der Waals surface area (Å²) in [5.41, 5.74) is 4.27. The zero-order valence-electron chi connectivity index (χ0n) is 13.9. The summed E-state index contributed by atoms with van der Waals surface area (Å²) in [7, 11) is 1.67. The van der Waals surface area contributed by atoms with Crippen molar-refractivity contribution in [1.82, 2.24) is 5.32 Å². The second-order valence-electron chi connectivity index (χ2n) is 5.59. The molecule has 0 fully saturated rings. The summed E-state index contributed by atoms with van der Waals surface area (Å²) in [6, 6.07) is 13.9. The van der Waals surface area contributed by atoms with E-state index in [2.05, 4.69) is 5.32 Å². The Balaban J connectivity index is 1.83. The van der Waals surface area contributed by atoms with Gasteiger partial charge in [-0.1, -0.05) is 36.4 Å². The molecule has 4 nitrogen and oxygen atoms in total. The summed E-state index contributed by atoms with van der Waals surface area (Å²) in [5.74, 6) is 0.616. The maximum Gasteiger partial charge on any atom is 0.258 e. The Bertz CT molecular complexity index is 667. The summed E-state index contributed by atoms with van der Waals surface area (Å²) in [5, 5.41) is 2.87. The van der Waals surface area contributed by atoms with E-state index in [0.29, 0.717) is 13.2 Å². The lowest BCUT2D eigenvalue weighted by atomic mass is 10.1. The summed E-state index contributed by atoms with van der Waals surface area (Å²) in [4.78, 5) is 11.9. The van der Waals surface area contributed by atoms with Crippen molar-refractivity contribution in [2.24, 2.45) is 0 Å². The van der Waals surface area contributed by atoms with Crippen molar-refractivity contribution in [3.8, 4) is 5.75 Å². The molecule has 0 atom stereocenters. The number of methoxy groups -OCH3 is 1. The summed E-state index contributed by atoms with van der Waals surface area (Å²) in [6.07, 6.45) is 0. The molecule has 2 aromatic carbocycles. The van der Waals surface area contributed by atoms with Gasteiger partial charge in [0.25, 0.3) is 5.91 Å². The second-order valence-corrected chi connectivity index (χ2v) is 5.59. The van der Waals surface area contributed by atoms with Gasteiger partial charge in [-0.3, -0.25) is 4.79 Å². The van der Waals surface area contributed by atoms with E-state index < -0.39 is 0 Å². The van der Waals surface area contributed by atoms with Gasteiger partial charge in [0, 0.05) is 13.7 Å². The van der Waals surface area contributed by atoms with Crippen molar-refractivity contribution >= 4 is 5.91 Å². The highest BCUT2D eigenvalue weighted by atomic mass is 16.5. The minimum Gasteiger partial charge on any atom is -0.483 e. The average Bonchev–Trinajstić information content (AvgIpc) is 2.54. The van der Waals surface area contributed by atoms with E-state index in [1.165, 1.54) is 0 Å². The van der Waals surface area contributed by atoms with Crippen LogP contribution in [-0.2, 0) is 22.7 Å². The summed E-state index contributed by atoms with van der Waals surface area (Å²) < 4.78 is 10.7. The third-order valence-electron chi connectivity index (χ3n) is 3.49. The standard InChI is InChI=1S/C19H23NO3/c1-14-7-8-15(2)18(9-14)23-13-19(21)20-11-16-5-4-6-17(10-16)12-22-3/h4-10H,11-13H2,1-3H3,(H,20,21). The number of carbonyl (C=O) groups is 1. The van der Waals surface area contributed by atoms with Crippen LogP contribution >= 0.6 is 0 Å². The van der Waals surface area contributed by atoms with E-state index in [9.17, 15) is 4.79 Å². The van der Waals surface area contributed by atoms with Gasteiger partial charge in [0.15, 0.2) is 6.61 Å². The molecule has 0 saturated heterocycles. The van der Waals surface area contributed by atoms with Crippen LogP contribution in [0.5, 0.6) is 5.75 Å². The molecule has 122 valence electrons. The summed E-state index contributed by atoms with van der Waals surface area (Å²) >= 11 is 0. The lowest BCUT2D eigenvalue weighted by Gasteiger charge is -2.11. The van der Waals surface area contributed by atoms with Crippen molar-refractivity contribution in [2.45, 2.75) is 27.0 Å². The molecule has 0 aliphatic carbocycles. The van der Waals surface area contributed by atoms with Crippen molar-refractivity contribution < 1.29 is 14.3 Å². The highest BCUT2D eigenvalue weighted by Crippen LogP contribution is 2.18. The third-order valence-corrected chi connectivity index (χ3v) is 3.49. The predicted octanol–water partition coefficient (Wildman–Crippen LogP) is 3.15. The van der Waals surface area contributed by atoms with Gasteiger partial charge in [0.05, 0.1) is 6.61 Å². The van der Waals surface area contributed by atoms with E-state index in [1.54, 1.807) is 7.11 Å².